The van der Waals surface area contributed by atoms with Gasteiger partial charge in [-0.25, -0.2) is 0 Å². The molecular weight excluding hydrogens is 969 g/mol. The van der Waals surface area contributed by atoms with E-state index >= 15 is 0 Å². The molecule has 80 heavy (non-hydrogen) atoms. The molecular formula is C76H54N4. The maximum Gasteiger partial charge on any atom is 0.0468 e. The van der Waals surface area contributed by atoms with Crippen LogP contribution in [0.4, 0.5) is 68.2 Å². The lowest BCUT2D eigenvalue weighted by Gasteiger charge is -2.29. The summed E-state index contributed by atoms with van der Waals surface area (Å²) in [5, 5.41) is 9.70. The van der Waals surface area contributed by atoms with Crippen molar-refractivity contribution in [2.75, 3.05) is 19.6 Å². The zero-order chi connectivity index (χ0) is 53.2. The SMILES string of the molecule is c1ccc(N(c2ccc(-c3ccc(N(c4ccccc4)c4ccc(N(c5ccc6ccccc6c5)c5ccc6ccccc6c5)cc4)cc3)cc2)c2ccc(N(c3ccc4ccccc4c3)c3ccc4ccccc4c3)cc2)cc1. The molecule has 0 aliphatic carbocycles. The van der Waals surface area contributed by atoms with Crippen molar-refractivity contribution in [3.8, 4) is 11.1 Å². The summed E-state index contributed by atoms with van der Waals surface area (Å²) in [6.07, 6.45) is 0. The molecule has 0 spiro atoms. The number of hydrogen-bond donors (Lipinski definition) is 0. The van der Waals surface area contributed by atoms with Gasteiger partial charge in [-0.15, -0.1) is 0 Å². The second-order valence-corrected chi connectivity index (χ2v) is 20.3. The molecule has 0 bridgehead atoms. The van der Waals surface area contributed by atoms with Crippen molar-refractivity contribution in [2.45, 2.75) is 0 Å². The van der Waals surface area contributed by atoms with Crippen molar-refractivity contribution in [1.82, 2.24) is 0 Å². The Kier molecular flexibility index (Phi) is 12.6. The third-order valence-electron chi connectivity index (χ3n) is 15.3. The van der Waals surface area contributed by atoms with Gasteiger partial charge in [0.25, 0.3) is 0 Å². The quantitative estimate of drug-likeness (QED) is 0.114. The van der Waals surface area contributed by atoms with Crippen molar-refractivity contribution in [3.05, 3.63) is 328 Å². The molecule has 0 unspecified atom stereocenters. The lowest BCUT2D eigenvalue weighted by molar-refractivity contribution is 1.26. The third-order valence-corrected chi connectivity index (χ3v) is 15.3. The fourth-order valence-electron chi connectivity index (χ4n) is 11.3. The molecule has 0 saturated carbocycles. The fraction of sp³-hybridized carbons (Fsp3) is 0. The Morgan fingerprint density at radius 2 is 0.300 bits per heavy atom. The van der Waals surface area contributed by atoms with E-state index in [-0.39, 0.29) is 0 Å². The molecule has 14 aromatic rings. The first-order valence-electron chi connectivity index (χ1n) is 27.3. The van der Waals surface area contributed by atoms with E-state index in [1.54, 1.807) is 0 Å². The minimum absolute atomic E-state index is 1.07. The van der Waals surface area contributed by atoms with Gasteiger partial charge in [0, 0.05) is 68.2 Å². The molecule has 0 N–H and O–H groups in total. The molecule has 378 valence electrons. The number of benzene rings is 14. The molecule has 0 amide bonds. The van der Waals surface area contributed by atoms with Crippen molar-refractivity contribution in [3.63, 3.8) is 0 Å². The van der Waals surface area contributed by atoms with E-state index in [9.17, 15) is 0 Å². The Balaban J connectivity index is 0.764. The van der Waals surface area contributed by atoms with Crippen LogP contribution in [-0.4, -0.2) is 0 Å². The predicted molar refractivity (Wildman–Crippen MR) is 341 cm³/mol. The number of para-hydroxylation sites is 2. The number of rotatable bonds is 13. The van der Waals surface area contributed by atoms with E-state index in [2.05, 4.69) is 347 Å². The van der Waals surface area contributed by atoms with Gasteiger partial charge in [-0.05, 0) is 200 Å². The van der Waals surface area contributed by atoms with Crippen molar-refractivity contribution in [2.24, 2.45) is 0 Å². The lowest BCUT2D eigenvalue weighted by atomic mass is 10.0. The van der Waals surface area contributed by atoms with E-state index < -0.39 is 0 Å². The molecule has 0 aromatic heterocycles. The molecule has 14 rings (SSSR count). The van der Waals surface area contributed by atoms with Gasteiger partial charge in [0.05, 0.1) is 0 Å². The van der Waals surface area contributed by atoms with Crippen molar-refractivity contribution >= 4 is 111 Å². The number of nitrogens with zero attached hydrogens (tertiary/aromatic N) is 4. The Labute approximate surface area is 467 Å². The monoisotopic (exact) mass is 1020 g/mol. The normalized spacial score (nSPS) is 11.2. The van der Waals surface area contributed by atoms with Crippen LogP contribution in [0.5, 0.6) is 0 Å². The second-order valence-electron chi connectivity index (χ2n) is 20.3. The third kappa shape index (κ3) is 9.42. The molecule has 4 heteroatoms. The summed E-state index contributed by atoms with van der Waals surface area (Å²) in [5.41, 5.74) is 15.3. The van der Waals surface area contributed by atoms with Gasteiger partial charge in [0.1, 0.15) is 0 Å². The Morgan fingerprint density at radius 1 is 0.125 bits per heavy atom. The van der Waals surface area contributed by atoms with Gasteiger partial charge in [-0.2, -0.15) is 0 Å². The molecule has 0 heterocycles. The Bertz CT molecular complexity index is 4020. The first-order chi connectivity index (χ1) is 39.6. The van der Waals surface area contributed by atoms with Crippen LogP contribution in [0.2, 0.25) is 0 Å². The van der Waals surface area contributed by atoms with E-state index in [4.69, 9.17) is 0 Å². The van der Waals surface area contributed by atoms with E-state index in [0.717, 1.165) is 79.4 Å². The summed E-state index contributed by atoms with van der Waals surface area (Å²) in [5.74, 6) is 0. The van der Waals surface area contributed by atoms with Crippen LogP contribution in [0.3, 0.4) is 0 Å². The first kappa shape index (κ1) is 47.7. The molecule has 0 fully saturated rings. The smallest absolute Gasteiger partial charge is 0.0468 e. The van der Waals surface area contributed by atoms with E-state index in [1.165, 1.54) is 43.1 Å². The second kappa shape index (κ2) is 21.0. The summed E-state index contributed by atoms with van der Waals surface area (Å²) < 4.78 is 0. The molecule has 0 aliphatic rings. The average molecular weight is 1020 g/mol. The molecule has 0 radical (unpaired) electrons. The van der Waals surface area contributed by atoms with Crippen LogP contribution in [-0.2, 0) is 0 Å². The Morgan fingerprint density at radius 3 is 0.550 bits per heavy atom. The highest BCUT2D eigenvalue weighted by molar-refractivity contribution is 5.95. The van der Waals surface area contributed by atoms with Gasteiger partial charge in [-0.3, -0.25) is 0 Å². The van der Waals surface area contributed by atoms with E-state index in [0.29, 0.717) is 0 Å². The maximum absolute atomic E-state index is 2.36. The summed E-state index contributed by atoms with van der Waals surface area (Å²) in [7, 11) is 0. The summed E-state index contributed by atoms with van der Waals surface area (Å²) in [4.78, 5) is 9.39. The highest BCUT2D eigenvalue weighted by atomic mass is 15.2. The predicted octanol–water partition coefficient (Wildman–Crippen LogP) is 21.8. The van der Waals surface area contributed by atoms with Gasteiger partial charge in [0.2, 0.25) is 0 Å². The molecule has 0 atom stereocenters. The van der Waals surface area contributed by atoms with Crippen LogP contribution in [0.25, 0.3) is 54.2 Å². The molecule has 0 saturated heterocycles. The van der Waals surface area contributed by atoms with Crippen LogP contribution in [0, 0.1) is 0 Å². The standard InChI is InChI=1S/C76H54N4/c1-3-23-65(24-4-1)77(69-43-47-71(48-44-69)79(73-39-31-55-15-7-11-19-61(55)51-73)74-40-32-56-16-8-12-20-62(56)52-74)67-35-27-59(28-36-67)60-29-37-68(38-30-60)78(66-25-5-2-6-26-66)70-45-49-72(50-46-70)80(75-41-33-57-17-9-13-21-63(57)53-75)76-42-34-58-18-10-14-22-64(58)54-76/h1-54H. The maximum atomic E-state index is 2.36. The zero-order valence-electron chi connectivity index (χ0n) is 44.0. The molecule has 0 aliphatic heterocycles. The topological polar surface area (TPSA) is 13.0 Å². The number of fused-ring (bicyclic) bond motifs is 4. The summed E-state index contributed by atoms with van der Waals surface area (Å²) >= 11 is 0. The van der Waals surface area contributed by atoms with Gasteiger partial charge < -0.3 is 19.6 Å². The molecule has 4 nitrogen and oxygen atoms in total. The van der Waals surface area contributed by atoms with Crippen LogP contribution in [0.1, 0.15) is 0 Å². The largest absolute Gasteiger partial charge is 0.311 e. The minimum Gasteiger partial charge on any atom is -0.311 e. The summed E-state index contributed by atoms with van der Waals surface area (Å²) in [6, 6.07) is 118. The van der Waals surface area contributed by atoms with E-state index in [1.807, 2.05) is 0 Å². The van der Waals surface area contributed by atoms with Gasteiger partial charge in [0.15, 0.2) is 0 Å². The highest BCUT2D eigenvalue weighted by Gasteiger charge is 2.20. The fourth-order valence-corrected chi connectivity index (χ4v) is 11.3. The van der Waals surface area contributed by atoms with Gasteiger partial charge >= 0.3 is 0 Å². The van der Waals surface area contributed by atoms with Crippen LogP contribution >= 0.6 is 0 Å². The average Bonchev–Trinajstić information content (AvgIpc) is 3.53. The van der Waals surface area contributed by atoms with Crippen LogP contribution < -0.4 is 19.6 Å². The first-order valence-corrected chi connectivity index (χ1v) is 27.3. The van der Waals surface area contributed by atoms with Crippen LogP contribution in [0.15, 0.2) is 328 Å². The molecule has 14 aromatic carbocycles. The lowest BCUT2D eigenvalue weighted by Crippen LogP contribution is -2.12. The number of anilines is 12. The van der Waals surface area contributed by atoms with Gasteiger partial charge in [-0.1, -0.05) is 182 Å². The minimum atomic E-state index is 1.07. The highest BCUT2D eigenvalue weighted by Crippen LogP contribution is 2.44. The summed E-state index contributed by atoms with van der Waals surface area (Å²) in [6.45, 7) is 0. The van der Waals surface area contributed by atoms with Crippen molar-refractivity contribution < 1.29 is 0 Å². The zero-order valence-corrected chi connectivity index (χ0v) is 44.0. The van der Waals surface area contributed by atoms with Crippen molar-refractivity contribution in [1.29, 1.82) is 0 Å². The number of hydrogen-bond acceptors (Lipinski definition) is 4. The Hall–Kier alpha value is -10.7.